The molecule has 2 aromatic rings. The molecule has 1 amide bonds. The van der Waals surface area contributed by atoms with Gasteiger partial charge in [-0.3, -0.25) is 9.69 Å². The van der Waals surface area contributed by atoms with Crippen LogP contribution in [0.3, 0.4) is 0 Å². The molecule has 5 rings (SSSR count). The maximum absolute atomic E-state index is 12.7. The molecule has 4 heterocycles. The molecule has 3 aliphatic rings. The third-order valence-corrected chi connectivity index (χ3v) is 5.35. The molecular formula is C18H24N6O. The molecule has 7 nitrogen and oxygen atoms in total. The lowest BCUT2D eigenvalue weighted by Crippen LogP contribution is -2.44. The lowest BCUT2D eigenvalue weighted by atomic mass is 9.94. The molecule has 1 aromatic carbocycles. The van der Waals surface area contributed by atoms with Gasteiger partial charge in [-0.05, 0) is 34.7 Å². The minimum Gasteiger partial charge on any atom is -0.341 e. The fourth-order valence-electron chi connectivity index (χ4n) is 4.05. The first kappa shape index (κ1) is 16.2. The number of aryl methyl sites for hydroxylation is 1. The summed E-state index contributed by atoms with van der Waals surface area (Å²) in [6.07, 6.45) is 4.44. The van der Waals surface area contributed by atoms with Gasteiger partial charge in [-0.1, -0.05) is 30.3 Å². The van der Waals surface area contributed by atoms with E-state index in [0.29, 0.717) is 24.9 Å². The fourth-order valence-corrected chi connectivity index (χ4v) is 4.05. The van der Waals surface area contributed by atoms with Crippen molar-refractivity contribution in [3.05, 3.63) is 42.2 Å². The lowest BCUT2D eigenvalue weighted by Gasteiger charge is -2.36. The summed E-state index contributed by atoms with van der Waals surface area (Å²) in [7, 11) is 0. The van der Waals surface area contributed by atoms with Crippen LogP contribution in [0.2, 0.25) is 0 Å². The van der Waals surface area contributed by atoms with Gasteiger partial charge in [-0.2, -0.15) is 0 Å². The first-order valence-electron chi connectivity index (χ1n) is 9.04. The molecule has 0 unspecified atom stereocenters. The molecule has 3 aliphatic heterocycles. The van der Waals surface area contributed by atoms with Crippen LogP contribution in [0.4, 0.5) is 0 Å². The van der Waals surface area contributed by atoms with Gasteiger partial charge in [-0.25, -0.2) is 4.68 Å². The third-order valence-electron chi connectivity index (χ3n) is 5.35. The van der Waals surface area contributed by atoms with Crippen LogP contribution in [0.1, 0.15) is 24.8 Å². The SMILES string of the molecule is O=C(CCn1cnnn1)N1C[C@@H]2CC[C@H](C1)N(Cc1ccccc1)C2. The second kappa shape index (κ2) is 7.31. The molecule has 1 aromatic heterocycles. The van der Waals surface area contributed by atoms with Crippen molar-refractivity contribution in [2.24, 2.45) is 5.92 Å². The number of carbonyl (C=O) groups excluding carboxylic acids is 1. The van der Waals surface area contributed by atoms with Crippen LogP contribution in [0, 0.1) is 5.92 Å². The average molecular weight is 340 g/mol. The van der Waals surface area contributed by atoms with Crippen LogP contribution >= 0.6 is 0 Å². The van der Waals surface area contributed by atoms with Crippen LogP contribution < -0.4 is 0 Å². The Balaban J connectivity index is 1.38. The van der Waals surface area contributed by atoms with Crippen molar-refractivity contribution in [1.29, 1.82) is 0 Å². The highest BCUT2D eigenvalue weighted by Crippen LogP contribution is 2.29. The molecule has 0 radical (unpaired) electrons. The smallest absolute Gasteiger partial charge is 0.224 e. The predicted molar refractivity (Wildman–Crippen MR) is 92.4 cm³/mol. The van der Waals surface area contributed by atoms with Crippen molar-refractivity contribution in [2.75, 3.05) is 19.6 Å². The summed E-state index contributed by atoms with van der Waals surface area (Å²) < 4.78 is 1.62. The third kappa shape index (κ3) is 3.87. The minimum atomic E-state index is 0.217. The normalized spacial score (nSPS) is 23.6. The average Bonchev–Trinajstić information content (AvgIpc) is 3.00. The summed E-state index contributed by atoms with van der Waals surface area (Å²) in [5, 5.41) is 11.1. The van der Waals surface area contributed by atoms with E-state index >= 15 is 0 Å². The summed E-state index contributed by atoms with van der Waals surface area (Å²) in [6.45, 7) is 4.35. The molecule has 0 N–H and O–H groups in total. The predicted octanol–water partition coefficient (Wildman–Crippen LogP) is 1.19. The van der Waals surface area contributed by atoms with Crippen LogP contribution in [0.5, 0.6) is 0 Å². The van der Waals surface area contributed by atoms with Gasteiger partial charge in [0.05, 0.1) is 6.54 Å². The highest BCUT2D eigenvalue weighted by Gasteiger charge is 2.36. The quantitative estimate of drug-likeness (QED) is 0.818. The number of aromatic nitrogens is 4. The maximum atomic E-state index is 12.7. The Morgan fingerprint density at radius 3 is 2.80 bits per heavy atom. The Morgan fingerprint density at radius 2 is 2.00 bits per heavy atom. The molecular weight excluding hydrogens is 316 g/mol. The van der Waals surface area contributed by atoms with E-state index in [1.807, 2.05) is 0 Å². The number of amides is 1. The van der Waals surface area contributed by atoms with Gasteiger partial charge in [0.1, 0.15) is 6.33 Å². The molecule has 0 saturated carbocycles. The van der Waals surface area contributed by atoms with E-state index in [1.54, 1.807) is 11.0 Å². The van der Waals surface area contributed by atoms with Gasteiger partial charge in [0, 0.05) is 38.6 Å². The summed E-state index contributed by atoms with van der Waals surface area (Å²) >= 11 is 0. The van der Waals surface area contributed by atoms with E-state index < -0.39 is 0 Å². The molecule has 25 heavy (non-hydrogen) atoms. The van der Waals surface area contributed by atoms with Gasteiger partial charge in [0.15, 0.2) is 0 Å². The maximum Gasteiger partial charge on any atom is 0.224 e. The number of rotatable bonds is 5. The number of piperidine rings is 1. The Bertz CT molecular complexity index is 689. The number of nitrogens with zero attached hydrogens (tertiary/aromatic N) is 6. The van der Waals surface area contributed by atoms with E-state index in [4.69, 9.17) is 0 Å². The molecule has 0 aliphatic carbocycles. The zero-order chi connectivity index (χ0) is 17.1. The molecule has 2 atom stereocenters. The Hall–Kier alpha value is -2.28. The van der Waals surface area contributed by atoms with Crippen molar-refractivity contribution in [1.82, 2.24) is 30.0 Å². The zero-order valence-electron chi connectivity index (χ0n) is 14.4. The first-order valence-corrected chi connectivity index (χ1v) is 9.04. The second-order valence-corrected chi connectivity index (χ2v) is 7.13. The number of fused-ring (bicyclic) bond motifs is 4. The van der Waals surface area contributed by atoms with E-state index in [-0.39, 0.29) is 5.91 Å². The van der Waals surface area contributed by atoms with Gasteiger partial charge < -0.3 is 4.90 Å². The van der Waals surface area contributed by atoms with Crippen molar-refractivity contribution in [3.8, 4) is 0 Å². The molecule has 3 fully saturated rings. The molecule has 0 spiro atoms. The Kier molecular flexibility index (Phi) is 4.74. The van der Waals surface area contributed by atoms with Crippen molar-refractivity contribution < 1.29 is 4.79 Å². The Morgan fingerprint density at radius 1 is 1.12 bits per heavy atom. The highest BCUT2D eigenvalue weighted by molar-refractivity contribution is 5.76. The topological polar surface area (TPSA) is 67.2 Å². The second-order valence-electron chi connectivity index (χ2n) is 7.13. The number of hydrogen-bond donors (Lipinski definition) is 0. The van der Waals surface area contributed by atoms with Crippen molar-refractivity contribution in [2.45, 2.75) is 38.4 Å². The van der Waals surface area contributed by atoms with Gasteiger partial charge in [0.25, 0.3) is 0 Å². The van der Waals surface area contributed by atoms with E-state index in [2.05, 4.69) is 55.7 Å². The fraction of sp³-hybridized carbons (Fsp3) is 0.556. The van der Waals surface area contributed by atoms with Gasteiger partial charge in [0.2, 0.25) is 5.91 Å². The standard InChI is InChI=1S/C18H24N6O/c25-18(8-9-24-14-19-20-21-24)23-12-16-6-7-17(13-23)22(11-16)10-15-4-2-1-3-5-15/h1-5,14,16-17H,6-13H2/t16-,17-/m1/s1. The molecule has 7 heteroatoms. The summed E-state index contributed by atoms with van der Waals surface area (Å²) in [5.41, 5.74) is 1.35. The van der Waals surface area contributed by atoms with E-state index in [0.717, 1.165) is 26.2 Å². The zero-order valence-corrected chi connectivity index (χ0v) is 14.4. The lowest BCUT2D eigenvalue weighted by molar-refractivity contribution is -0.131. The number of tetrazole rings is 1. The minimum absolute atomic E-state index is 0.217. The van der Waals surface area contributed by atoms with Gasteiger partial charge in [-0.15, -0.1) is 5.10 Å². The molecule has 2 bridgehead atoms. The van der Waals surface area contributed by atoms with E-state index in [1.165, 1.54) is 18.4 Å². The molecule has 132 valence electrons. The number of hydrogen-bond acceptors (Lipinski definition) is 5. The summed E-state index contributed by atoms with van der Waals surface area (Å²) in [4.78, 5) is 17.3. The first-order chi connectivity index (χ1) is 12.3. The highest BCUT2D eigenvalue weighted by atomic mass is 16.2. The van der Waals surface area contributed by atoms with Gasteiger partial charge >= 0.3 is 0 Å². The van der Waals surface area contributed by atoms with Crippen molar-refractivity contribution in [3.63, 3.8) is 0 Å². The van der Waals surface area contributed by atoms with E-state index in [9.17, 15) is 4.79 Å². The summed E-state index contributed by atoms with van der Waals surface area (Å²) in [6, 6.07) is 11.1. The van der Waals surface area contributed by atoms with Crippen molar-refractivity contribution >= 4 is 5.91 Å². The number of benzene rings is 1. The summed E-state index contributed by atoms with van der Waals surface area (Å²) in [5.74, 6) is 0.799. The largest absolute Gasteiger partial charge is 0.341 e. The van der Waals surface area contributed by atoms with Crippen LogP contribution in [0.25, 0.3) is 0 Å². The molecule has 3 saturated heterocycles. The van der Waals surface area contributed by atoms with Crippen LogP contribution in [-0.2, 0) is 17.9 Å². The Labute approximate surface area is 147 Å². The van der Waals surface area contributed by atoms with Crippen LogP contribution in [-0.4, -0.2) is 61.6 Å². The monoisotopic (exact) mass is 340 g/mol. The van der Waals surface area contributed by atoms with Crippen LogP contribution in [0.15, 0.2) is 36.7 Å². The number of carbonyl (C=O) groups is 1.